The maximum absolute atomic E-state index is 6.33. The van der Waals surface area contributed by atoms with Crippen LogP contribution in [0.2, 0.25) is 5.02 Å². The summed E-state index contributed by atoms with van der Waals surface area (Å²) in [7, 11) is 0. The molecule has 0 bridgehead atoms. The molecule has 3 nitrogen and oxygen atoms in total. The highest BCUT2D eigenvalue weighted by molar-refractivity contribution is 6.32. The smallest absolute Gasteiger partial charge is 0.180 e. The topological polar surface area (TPSA) is 30.5 Å². The van der Waals surface area contributed by atoms with Crippen LogP contribution >= 0.6 is 11.6 Å². The van der Waals surface area contributed by atoms with Crippen LogP contribution in [0.25, 0.3) is 0 Å². The van der Waals surface area contributed by atoms with E-state index in [0.717, 1.165) is 24.3 Å². The van der Waals surface area contributed by atoms with Crippen LogP contribution in [-0.2, 0) is 6.54 Å². The second-order valence-electron chi connectivity index (χ2n) is 5.19. The number of benzene rings is 1. The largest absolute Gasteiger partial charge is 0.490 e. The Morgan fingerprint density at radius 2 is 1.90 bits per heavy atom. The molecule has 20 heavy (non-hydrogen) atoms. The zero-order valence-electron chi connectivity index (χ0n) is 13.1. The second-order valence-corrected chi connectivity index (χ2v) is 5.60. The lowest BCUT2D eigenvalue weighted by molar-refractivity contribution is 0.224. The number of rotatable bonds is 8. The molecule has 0 aliphatic carbocycles. The van der Waals surface area contributed by atoms with E-state index in [4.69, 9.17) is 21.1 Å². The third-order valence-electron chi connectivity index (χ3n) is 2.99. The fourth-order valence-corrected chi connectivity index (χ4v) is 2.05. The van der Waals surface area contributed by atoms with E-state index in [1.165, 1.54) is 0 Å². The number of halogens is 1. The maximum atomic E-state index is 6.33. The van der Waals surface area contributed by atoms with Crippen LogP contribution in [0.5, 0.6) is 11.5 Å². The van der Waals surface area contributed by atoms with Gasteiger partial charge in [0.2, 0.25) is 0 Å². The Morgan fingerprint density at radius 3 is 2.45 bits per heavy atom. The van der Waals surface area contributed by atoms with Gasteiger partial charge in [-0.3, -0.25) is 0 Å². The van der Waals surface area contributed by atoms with E-state index in [9.17, 15) is 0 Å². The summed E-state index contributed by atoms with van der Waals surface area (Å²) in [6, 6.07) is 4.43. The summed E-state index contributed by atoms with van der Waals surface area (Å²) >= 11 is 6.33. The van der Waals surface area contributed by atoms with Crippen LogP contribution in [0.15, 0.2) is 12.1 Å². The number of hydrogen-bond donors (Lipinski definition) is 1. The second kappa shape index (κ2) is 8.38. The molecule has 0 aliphatic rings. The van der Waals surface area contributed by atoms with Crippen molar-refractivity contribution in [3.8, 4) is 11.5 Å². The average Bonchev–Trinajstić information content (AvgIpc) is 2.39. The van der Waals surface area contributed by atoms with Crippen molar-refractivity contribution < 1.29 is 9.47 Å². The van der Waals surface area contributed by atoms with Crippen molar-refractivity contribution in [2.24, 2.45) is 0 Å². The number of nitrogens with one attached hydrogen (secondary N) is 1. The van der Waals surface area contributed by atoms with Crippen LogP contribution in [0, 0.1) is 0 Å². The predicted molar refractivity (Wildman–Crippen MR) is 85.0 cm³/mol. The lowest BCUT2D eigenvalue weighted by atomic mass is 10.1. The first kappa shape index (κ1) is 17.1. The van der Waals surface area contributed by atoms with Gasteiger partial charge in [-0.2, -0.15) is 0 Å². The van der Waals surface area contributed by atoms with Gasteiger partial charge in [-0.1, -0.05) is 18.5 Å². The van der Waals surface area contributed by atoms with E-state index in [2.05, 4.69) is 19.2 Å². The van der Waals surface area contributed by atoms with E-state index >= 15 is 0 Å². The number of hydrogen-bond acceptors (Lipinski definition) is 3. The molecular weight excluding hydrogens is 274 g/mol. The summed E-state index contributed by atoms with van der Waals surface area (Å²) in [5.74, 6) is 1.35. The first-order chi connectivity index (χ1) is 9.47. The molecule has 1 atom stereocenters. The molecule has 0 spiro atoms. The van der Waals surface area contributed by atoms with Crippen LogP contribution in [0.4, 0.5) is 0 Å². The molecule has 114 valence electrons. The van der Waals surface area contributed by atoms with Crippen molar-refractivity contribution in [1.29, 1.82) is 0 Å². The molecule has 0 fully saturated rings. The van der Waals surface area contributed by atoms with Gasteiger partial charge in [0.05, 0.1) is 17.7 Å². The van der Waals surface area contributed by atoms with Gasteiger partial charge < -0.3 is 14.8 Å². The third kappa shape index (κ3) is 5.22. The minimum Gasteiger partial charge on any atom is -0.490 e. The fraction of sp³-hybridized carbons (Fsp3) is 0.625. The van der Waals surface area contributed by atoms with Gasteiger partial charge in [-0.15, -0.1) is 0 Å². The zero-order valence-corrected chi connectivity index (χ0v) is 13.9. The molecule has 1 N–H and O–H groups in total. The van der Waals surface area contributed by atoms with E-state index in [0.29, 0.717) is 23.4 Å². The lowest BCUT2D eigenvalue weighted by Crippen LogP contribution is -2.24. The van der Waals surface area contributed by atoms with E-state index < -0.39 is 0 Å². The molecule has 0 unspecified atom stereocenters. The quantitative estimate of drug-likeness (QED) is 0.771. The Bertz CT molecular complexity index is 421. The van der Waals surface area contributed by atoms with Crippen molar-refractivity contribution in [3.05, 3.63) is 22.7 Å². The molecule has 0 aromatic heterocycles. The maximum Gasteiger partial charge on any atom is 0.180 e. The van der Waals surface area contributed by atoms with Crippen LogP contribution in [0.1, 0.15) is 46.6 Å². The van der Waals surface area contributed by atoms with E-state index in [1.54, 1.807) is 0 Å². The van der Waals surface area contributed by atoms with Crippen molar-refractivity contribution in [1.82, 2.24) is 5.32 Å². The highest BCUT2D eigenvalue weighted by atomic mass is 35.5. The molecule has 0 saturated carbocycles. The first-order valence-electron chi connectivity index (χ1n) is 7.33. The van der Waals surface area contributed by atoms with E-state index in [1.807, 2.05) is 32.9 Å². The Morgan fingerprint density at radius 1 is 1.20 bits per heavy atom. The summed E-state index contributed by atoms with van der Waals surface area (Å²) in [6.45, 7) is 11.6. The van der Waals surface area contributed by atoms with Gasteiger partial charge in [0.25, 0.3) is 0 Å². The molecule has 0 heterocycles. The Labute approximate surface area is 127 Å². The van der Waals surface area contributed by atoms with Crippen molar-refractivity contribution in [2.75, 3.05) is 6.61 Å². The number of ether oxygens (including phenoxy) is 2. The van der Waals surface area contributed by atoms with Gasteiger partial charge in [0.15, 0.2) is 11.5 Å². The van der Waals surface area contributed by atoms with Crippen molar-refractivity contribution in [2.45, 2.75) is 59.7 Å². The Hall–Kier alpha value is -0.930. The minimum absolute atomic E-state index is 0.0656. The van der Waals surface area contributed by atoms with Crippen molar-refractivity contribution in [3.63, 3.8) is 0 Å². The minimum atomic E-state index is 0.0656. The molecule has 0 amide bonds. The highest BCUT2D eigenvalue weighted by Crippen LogP contribution is 2.37. The van der Waals surface area contributed by atoms with E-state index in [-0.39, 0.29) is 6.10 Å². The molecule has 0 radical (unpaired) electrons. The van der Waals surface area contributed by atoms with Crippen LogP contribution < -0.4 is 14.8 Å². The molecule has 1 aromatic carbocycles. The normalized spacial score (nSPS) is 12.6. The van der Waals surface area contributed by atoms with Gasteiger partial charge in [-0.05, 0) is 51.8 Å². The molecular formula is C16H26ClNO2. The van der Waals surface area contributed by atoms with Crippen LogP contribution in [-0.4, -0.2) is 18.8 Å². The predicted octanol–water partition coefficient (Wildman–Crippen LogP) is 4.41. The third-order valence-corrected chi connectivity index (χ3v) is 3.27. The highest BCUT2D eigenvalue weighted by Gasteiger charge is 2.14. The average molecular weight is 300 g/mol. The standard InChI is InChI=1S/C16H26ClNO2/c1-6-12(5)18-10-13-8-14(17)16(20-11(3)4)15(9-13)19-7-2/h8-9,11-12,18H,6-7,10H2,1-5H3/t12-/m1/s1. The SMILES string of the molecule is CCOc1cc(CN[C@H](C)CC)cc(Cl)c1OC(C)C. The summed E-state index contributed by atoms with van der Waals surface area (Å²) < 4.78 is 11.4. The van der Waals surface area contributed by atoms with Gasteiger partial charge >= 0.3 is 0 Å². The Balaban J connectivity index is 2.93. The molecule has 1 aromatic rings. The van der Waals surface area contributed by atoms with Gasteiger partial charge in [0, 0.05) is 12.6 Å². The van der Waals surface area contributed by atoms with Gasteiger partial charge in [-0.25, -0.2) is 0 Å². The monoisotopic (exact) mass is 299 g/mol. The molecule has 0 saturated heterocycles. The summed E-state index contributed by atoms with van der Waals surface area (Å²) in [6.07, 6.45) is 1.16. The molecule has 1 rings (SSSR count). The van der Waals surface area contributed by atoms with Gasteiger partial charge in [0.1, 0.15) is 0 Å². The molecule has 4 heteroatoms. The fourth-order valence-electron chi connectivity index (χ4n) is 1.77. The summed E-state index contributed by atoms with van der Waals surface area (Å²) in [5, 5.41) is 4.05. The first-order valence-corrected chi connectivity index (χ1v) is 7.70. The Kier molecular flexibility index (Phi) is 7.17. The van der Waals surface area contributed by atoms with Crippen molar-refractivity contribution >= 4 is 11.6 Å². The van der Waals surface area contributed by atoms with Crippen LogP contribution in [0.3, 0.4) is 0 Å². The summed E-state index contributed by atoms with van der Waals surface area (Å²) in [5.41, 5.74) is 1.11. The molecule has 0 aliphatic heterocycles. The zero-order chi connectivity index (χ0) is 15.1. The summed E-state index contributed by atoms with van der Waals surface area (Å²) in [4.78, 5) is 0. The lowest BCUT2D eigenvalue weighted by Gasteiger charge is -2.18.